The molecule has 5 nitrogen and oxygen atoms in total. The molecule has 10 heteroatoms. The van der Waals surface area contributed by atoms with Crippen molar-refractivity contribution in [1.82, 2.24) is 4.90 Å². The van der Waals surface area contributed by atoms with Crippen molar-refractivity contribution < 1.29 is 32.2 Å². The van der Waals surface area contributed by atoms with Gasteiger partial charge in [-0.1, -0.05) is 31.5 Å². The van der Waals surface area contributed by atoms with Crippen LogP contribution >= 0.6 is 11.6 Å². The molecule has 0 atom stereocenters. The minimum absolute atomic E-state index is 0.0148. The number of halogens is 5. The highest BCUT2D eigenvalue weighted by Crippen LogP contribution is 2.34. The number of nitrogens with zero attached hydrogens (tertiary/aromatic N) is 2. The van der Waals surface area contributed by atoms with E-state index in [2.05, 4.69) is 37.6 Å². The van der Waals surface area contributed by atoms with Gasteiger partial charge in [-0.25, -0.2) is 14.2 Å². The Morgan fingerprint density at radius 3 is 2.21 bits per heavy atom. The molecule has 0 saturated carbocycles. The first-order valence-corrected chi connectivity index (χ1v) is 10.5. The summed E-state index contributed by atoms with van der Waals surface area (Å²) >= 11 is 5.12. The molecule has 0 aliphatic heterocycles. The zero-order valence-electron chi connectivity index (χ0n) is 19.0. The van der Waals surface area contributed by atoms with Crippen molar-refractivity contribution in [3.05, 3.63) is 53.3 Å². The molecule has 0 spiro atoms. The number of ether oxygens (including phenoxy) is 1. The zero-order chi connectivity index (χ0) is 25.3. The SMILES string of the molecule is CCN(CC)C(C)C.Cc1c(N=C(Cl)C(F)(F)F)cccc1Oc1cc(F)ccc1C(=O)O. The van der Waals surface area contributed by atoms with E-state index in [-0.39, 0.29) is 28.3 Å². The van der Waals surface area contributed by atoms with Gasteiger partial charge in [0, 0.05) is 17.7 Å². The Bertz CT molecular complexity index is 975. The van der Waals surface area contributed by atoms with Gasteiger partial charge in [0.15, 0.2) is 0 Å². The van der Waals surface area contributed by atoms with E-state index in [0.29, 0.717) is 6.04 Å². The Hall–Kier alpha value is -2.65. The Morgan fingerprint density at radius 1 is 1.15 bits per heavy atom. The summed E-state index contributed by atoms with van der Waals surface area (Å²) in [5, 5.41) is 7.54. The fourth-order valence-corrected chi connectivity index (χ4v) is 2.92. The Labute approximate surface area is 195 Å². The lowest BCUT2D eigenvalue weighted by molar-refractivity contribution is -0.0558. The predicted molar refractivity (Wildman–Crippen MR) is 122 cm³/mol. The van der Waals surface area contributed by atoms with Crippen molar-refractivity contribution in [2.45, 2.75) is 46.8 Å². The van der Waals surface area contributed by atoms with E-state index in [9.17, 15) is 22.4 Å². The predicted octanol–water partition coefficient (Wildman–Crippen LogP) is 7.19. The van der Waals surface area contributed by atoms with Crippen LogP contribution in [0.1, 0.15) is 43.6 Å². The fraction of sp³-hybridized carbons (Fsp3) is 0.391. The monoisotopic (exact) mass is 490 g/mol. The number of hydrogen-bond acceptors (Lipinski definition) is 4. The molecule has 182 valence electrons. The number of aliphatic imine (C=N–C) groups is 1. The summed E-state index contributed by atoms with van der Waals surface area (Å²) in [6, 6.07) is 7.55. The van der Waals surface area contributed by atoms with Crippen LogP contribution in [0.4, 0.5) is 23.2 Å². The third kappa shape index (κ3) is 8.66. The lowest BCUT2D eigenvalue weighted by atomic mass is 10.1. The van der Waals surface area contributed by atoms with Gasteiger partial charge in [-0.05, 0) is 58.1 Å². The number of hydrogen-bond donors (Lipinski definition) is 1. The van der Waals surface area contributed by atoms with Gasteiger partial charge in [0.2, 0.25) is 5.17 Å². The number of alkyl halides is 3. The maximum absolute atomic E-state index is 13.4. The molecular formula is C23H27ClF4N2O3. The summed E-state index contributed by atoms with van der Waals surface area (Å²) in [6.45, 7) is 12.6. The van der Waals surface area contributed by atoms with E-state index in [0.717, 1.165) is 18.2 Å². The van der Waals surface area contributed by atoms with Crippen LogP contribution in [0.2, 0.25) is 0 Å². The average Bonchev–Trinajstić information content (AvgIpc) is 2.71. The quantitative estimate of drug-likeness (QED) is 0.329. The Kier molecular flexibility index (Phi) is 10.8. The standard InChI is InChI=1S/C16H10ClF4NO3.C7H17N/c1-8-11(22-15(17)16(19,20)21)3-2-4-12(8)25-13-7-9(18)5-6-10(13)14(23)24;1-5-8(6-2)7(3)4/h2-7H,1H3,(H,23,24);7H,5-6H2,1-4H3. The first-order chi connectivity index (χ1) is 15.3. The molecule has 0 fully saturated rings. The van der Waals surface area contributed by atoms with Crippen LogP contribution in [0, 0.1) is 12.7 Å². The largest absolute Gasteiger partial charge is 0.478 e. The summed E-state index contributed by atoms with van der Waals surface area (Å²) < 4.78 is 56.2. The molecular weight excluding hydrogens is 464 g/mol. The maximum atomic E-state index is 13.4. The molecule has 0 aliphatic carbocycles. The van der Waals surface area contributed by atoms with Gasteiger partial charge in [0.1, 0.15) is 22.9 Å². The van der Waals surface area contributed by atoms with Crippen LogP contribution in [0.3, 0.4) is 0 Å². The molecule has 0 aliphatic rings. The second kappa shape index (κ2) is 12.6. The van der Waals surface area contributed by atoms with E-state index in [1.165, 1.54) is 38.2 Å². The number of carboxylic acid groups (broad SMARTS) is 1. The van der Waals surface area contributed by atoms with Gasteiger partial charge >= 0.3 is 12.1 Å². The van der Waals surface area contributed by atoms with Gasteiger partial charge in [-0.3, -0.25) is 0 Å². The molecule has 0 heterocycles. The first kappa shape index (κ1) is 28.4. The van der Waals surface area contributed by atoms with Gasteiger partial charge in [-0.15, -0.1) is 0 Å². The van der Waals surface area contributed by atoms with E-state index in [1.54, 1.807) is 0 Å². The van der Waals surface area contributed by atoms with E-state index in [1.807, 2.05) is 0 Å². The molecule has 0 radical (unpaired) electrons. The van der Waals surface area contributed by atoms with Gasteiger partial charge < -0.3 is 14.7 Å². The Balaban J connectivity index is 0.000000582. The average molecular weight is 491 g/mol. The van der Waals surface area contributed by atoms with Crippen LogP contribution in [-0.4, -0.2) is 46.5 Å². The topological polar surface area (TPSA) is 62.1 Å². The third-order valence-corrected chi connectivity index (χ3v) is 4.94. The van der Waals surface area contributed by atoms with Crippen molar-refractivity contribution in [2.24, 2.45) is 4.99 Å². The number of aromatic carboxylic acids is 1. The highest BCUT2D eigenvalue weighted by Gasteiger charge is 2.34. The summed E-state index contributed by atoms with van der Waals surface area (Å²) in [5.41, 5.74) is -0.248. The van der Waals surface area contributed by atoms with Crippen molar-refractivity contribution in [2.75, 3.05) is 13.1 Å². The van der Waals surface area contributed by atoms with Gasteiger partial charge in [0.25, 0.3) is 0 Å². The Morgan fingerprint density at radius 2 is 1.76 bits per heavy atom. The van der Waals surface area contributed by atoms with Gasteiger partial charge in [0.05, 0.1) is 5.69 Å². The molecule has 0 bridgehead atoms. The molecule has 33 heavy (non-hydrogen) atoms. The number of rotatable bonds is 7. The minimum atomic E-state index is -4.80. The van der Waals surface area contributed by atoms with Gasteiger partial charge in [-0.2, -0.15) is 13.2 Å². The molecule has 1 N–H and O–H groups in total. The lowest BCUT2D eigenvalue weighted by Crippen LogP contribution is -2.29. The van der Waals surface area contributed by atoms with E-state index < -0.39 is 23.1 Å². The minimum Gasteiger partial charge on any atom is -0.478 e. The van der Waals surface area contributed by atoms with E-state index in [4.69, 9.17) is 21.4 Å². The zero-order valence-corrected chi connectivity index (χ0v) is 19.8. The molecule has 0 saturated heterocycles. The number of benzene rings is 2. The molecule has 2 rings (SSSR count). The van der Waals surface area contributed by atoms with Crippen LogP contribution in [0.25, 0.3) is 0 Å². The van der Waals surface area contributed by atoms with E-state index >= 15 is 0 Å². The van der Waals surface area contributed by atoms with Crippen molar-refractivity contribution in [3.8, 4) is 11.5 Å². The summed E-state index contributed by atoms with van der Waals surface area (Å²) in [4.78, 5) is 16.9. The summed E-state index contributed by atoms with van der Waals surface area (Å²) in [6.07, 6.45) is -4.80. The highest BCUT2D eigenvalue weighted by atomic mass is 35.5. The highest BCUT2D eigenvalue weighted by molar-refractivity contribution is 6.67. The second-order valence-electron chi connectivity index (χ2n) is 7.16. The van der Waals surface area contributed by atoms with Crippen LogP contribution < -0.4 is 4.74 Å². The molecule has 0 amide bonds. The van der Waals surface area contributed by atoms with Crippen LogP contribution in [0.5, 0.6) is 11.5 Å². The maximum Gasteiger partial charge on any atom is 0.444 e. The smallest absolute Gasteiger partial charge is 0.444 e. The molecule has 2 aromatic rings. The molecule has 0 aromatic heterocycles. The summed E-state index contributed by atoms with van der Waals surface area (Å²) in [7, 11) is 0. The van der Waals surface area contributed by atoms with Crippen LogP contribution in [0.15, 0.2) is 41.4 Å². The normalized spacial score (nSPS) is 11.9. The molecule has 0 unspecified atom stereocenters. The number of carbonyl (C=O) groups is 1. The van der Waals surface area contributed by atoms with Crippen LogP contribution in [-0.2, 0) is 0 Å². The first-order valence-electron chi connectivity index (χ1n) is 10.2. The van der Waals surface area contributed by atoms with Crippen molar-refractivity contribution in [3.63, 3.8) is 0 Å². The summed E-state index contributed by atoms with van der Waals surface area (Å²) in [5.74, 6) is -2.35. The molecule has 2 aromatic carbocycles. The van der Waals surface area contributed by atoms with Crippen molar-refractivity contribution >= 4 is 28.4 Å². The third-order valence-electron chi connectivity index (χ3n) is 4.64. The fourth-order valence-electron chi connectivity index (χ4n) is 2.83. The second-order valence-corrected chi connectivity index (χ2v) is 7.52. The number of carboxylic acids is 1. The van der Waals surface area contributed by atoms with Crippen molar-refractivity contribution in [1.29, 1.82) is 0 Å². The lowest BCUT2D eigenvalue weighted by Gasteiger charge is -2.21.